The summed E-state index contributed by atoms with van der Waals surface area (Å²) in [5, 5.41) is 0.469. The van der Waals surface area contributed by atoms with Gasteiger partial charge in [-0.1, -0.05) is 42.0 Å². The highest BCUT2D eigenvalue weighted by Crippen LogP contribution is 2.22. The number of aromatic nitrogens is 3. The Morgan fingerprint density at radius 1 is 1.06 bits per heavy atom. The van der Waals surface area contributed by atoms with Crippen LogP contribution < -0.4 is 4.74 Å². The van der Waals surface area contributed by atoms with Gasteiger partial charge in [0.15, 0.2) is 5.16 Å². The summed E-state index contributed by atoms with van der Waals surface area (Å²) in [7, 11) is 0.772. The minimum absolute atomic E-state index is 0.288. The van der Waals surface area contributed by atoms with Crippen molar-refractivity contribution in [3.63, 3.8) is 0 Å². The third-order valence-corrected chi connectivity index (χ3v) is 6.57. The molecule has 0 aliphatic heterocycles. The number of fused-ring (bicyclic) bond motifs is 1. The van der Waals surface area contributed by atoms with Crippen LogP contribution in [0.2, 0.25) is 0 Å². The first-order valence-corrected chi connectivity index (χ1v) is 12.0. The van der Waals surface area contributed by atoms with Crippen LogP contribution in [0.4, 0.5) is 0 Å². The number of imidazole rings is 1. The number of likely N-dealkylation sites (N-methyl/N-ethyl adjacent to an activating group) is 1. The number of para-hydroxylation sites is 2. The summed E-state index contributed by atoms with van der Waals surface area (Å²) in [4.78, 5) is 14.3. The molecule has 4 aromatic rings. The number of nitrogens with one attached hydrogen (secondary N) is 1. The van der Waals surface area contributed by atoms with E-state index in [2.05, 4.69) is 58.1 Å². The minimum Gasteiger partial charge on any atom is -0.492 e. The van der Waals surface area contributed by atoms with Gasteiger partial charge in [0, 0.05) is 24.8 Å². The second-order valence-electron chi connectivity index (χ2n) is 8.00. The lowest BCUT2D eigenvalue weighted by atomic mass is 10.1. The van der Waals surface area contributed by atoms with E-state index in [0.29, 0.717) is 11.8 Å². The summed E-state index contributed by atoms with van der Waals surface area (Å²) < 4.78 is 18.9. The number of pyridine rings is 1. The van der Waals surface area contributed by atoms with Crippen molar-refractivity contribution in [1.82, 2.24) is 19.9 Å². The van der Waals surface area contributed by atoms with Gasteiger partial charge in [0.1, 0.15) is 12.4 Å². The molecule has 1 N–H and O–H groups in total. The number of rotatable bonds is 9. The highest BCUT2D eigenvalue weighted by atomic mass is 32.2. The molecule has 2 aromatic carbocycles. The van der Waals surface area contributed by atoms with Crippen molar-refractivity contribution in [2.45, 2.75) is 31.3 Å². The summed E-state index contributed by atoms with van der Waals surface area (Å²) in [6.07, 6.45) is 1.71. The first-order valence-electron chi connectivity index (χ1n) is 10.6. The van der Waals surface area contributed by atoms with E-state index in [-0.39, 0.29) is 5.75 Å². The van der Waals surface area contributed by atoms with Crippen LogP contribution in [-0.4, -0.2) is 44.3 Å². The molecule has 0 saturated heterocycles. The molecule has 4 rings (SSSR count). The Morgan fingerprint density at radius 3 is 2.62 bits per heavy atom. The number of aryl methyl sites for hydroxylation is 1. The largest absolute Gasteiger partial charge is 0.492 e. The monoisotopic (exact) mass is 448 g/mol. The second kappa shape index (κ2) is 10.1. The zero-order valence-electron chi connectivity index (χ0n) is 18.7. The van der Waals surface area contributed by atoms with Crippen molar-refractivity contribution in [1.29, 1.82) is 0 Å². The topological polar surface area (TPSA) is 71.1 Å². The van der Waals surface area contributed by atoms with Crippen molar-refractivity contribution >= 4 is 21.8 Å². The molecule has 32 heavy (non-hydrogen) atoms. The Kier molecular flexibility index (Phi) is 6.97. The van der Waals surface area contributed by atoms with E-state index < -0.39 is 10.8 Å². The maximum atomic E-state index is 12.9. The fourth-order valence-corrected chi connectivity index (χ4v) is 4.59. The molecule has 0 amide bonds. The summed E-state index contributed by atoms with van der Waals surface area (Å²) in [5.41, 5.74) is 5.92. The predicted molar refractivity (Wildman–Crippen MR) is 128 cm³/mol. The molecule has 166 valence electrons. The Balaban J connectivity index is 1.34. The molecule has 6 nitrogen and oxygen atoms in total. The van der Waals surface area contributed by atoms with Crippen LogP contribution in [0.1, 0.15) is 22.4 Å². The van der Waals surface area contributed by atoms with Gasteiger partial charge in [-0.25, -0.2) is 4.98 Å². The lowest BCUT2D eigenvalue weighted by Crippen LogP contribution is -2.24. The summed E-state index contributed by atoms with van der Waals surface area (Å²) in [5.74, 6) is 1.07. The van der Waals surface area contributed by atoms with E-state index in [0.717, 1.165) is 41.1 Å². The van der Waals surface area contributed by atoms with Gasteiger partial charge in [-0.2, -0.15) is 0 Å². The zero-order chi connectivity index (χ0) is 22.5. The van der Waals surface area contributed by atoms with E-state index in [1.165, 1.54) is 11.1 Å². The molecule has 0 aliphatic rings. The zero-order valence-corrected chi connectivity index (χ0v) is 19.5. The molecule has 0 saturated carbocycles. The number of H-pyrrole nitrogens is 1. The Hall–Kier alpha value is -3.03. The summed E-state index contributed by atoms with van der Waals surface area (Å²) >= 11 is 0. The lowest BCUT2D eigenvalue weighted by molar-refractivity contribution is 0.231. The van der Waals surface area contributed by atoms with Crippen molar-refractivity contribution in [3.05, 3.63) is 83.2 Å². The van der Waals surface area contributed by atoms with Gasteiger partial charge < -0.3 is 9.72 Å². The van der Waals surface area contributed by atoms with E-state index in [9.17, 15) is 4.21 Å². The first kappa shape index (κ1) is 22.2. The number of nitrogens with zero attached hydrogens (tertiary/aromatic N) is 3. The maximum absolute atomic E-state index is 12.9. The van der Waals surface area contributed by atoms with E-state index in [4.69, 9.17) is 4.74 Å². The predicted octanol–water partition coefficient (Wildman–Crippen LogP) is 4.39. The van der Waals surface area contributed by atoms with Crippen molar-refractivity contribution < 1.29 is 8.95 Å². The highest BCUT2D eigenvalue weighted by Gasteiger charge is 2.15. The Labute approximate surface area is 191 Å². The summed E-state index contributed by atoms with van der Waals surface area (Å²) in [6, 6.07) is 18.1. The quantitative estimate of drug-likeness (QED) is 0.411. The van der Waals surface area contributed by atoms with Crippen LogP contribution in [0, 0.1) is 13.8 Å². The van der Waals surface area contributed by atoms with Crippen LogP contribution in [0.25, 0.3) is 11.0 Å². The lowest BCUT2D eigenvalue weighted by Gasteiger charge is -2.18. The fraction of sp³-hybridized carbons (Fsp3) is 0.280. The van der Waals surface area contributed by atoms with Gasteiger partial charge in [0.05, 0.1) is 33.3 Å². The van der Waals surface area contributed by atoms with Crippen LogP contribution in [0.15, 0.2) is 66.0 Å². The number of ether oxygens (including phenoxy) is 1. The molecule has 2 heterocycles. The van der Waals surface area contributed by atoms with Crippen molar-refractivity contribution in [2.24, 2.45) is 0 Å². The van der Waals surface area contributed by atoms with Crippen molar-refractivity contribution in [2.75, 3.05) is 20.2 Å². The molecular formula is C25H28N4O2S. The highest BCUT2D eigenvalue weighted by molar-refractivity contribution is 7.84. The number of hydrogen-bond donors (Lipinski definition) is 1. The second-order valence-corrected chi connectivity index (χ2v) is 9.37. The molecule has 0 aliphatic carbocycles. The van der Waals surface area contributed by atoms with Crippen molar-refractivity contribution in [3.8, 4) is 5.75 Å². The maximum Gasteiger partial charge on any atom is 0.197 e. The van der Waals surface area contributed by atoms with Crippen LogP contribution in [0.3, 0.4) is 0 Å². The van der Waals surface area contributed by atoms with E-state index >= 15 is 0 Å². The van der Waals surface area contributed by atoms with Crippen LogP contribution >= 0.6 is 0 Å². The average molecular weight is 449 g/mol. The smallest absolute Gasteiger partial charge is 0.197 e. The van der Waals surface area contributed by atoms with E-state index in [1.807, 2.05) is 37.3 Å². The molecule has 2 aromatic heterocycles. The van der Waals surface area contributed by atoms with Gasteiger partial charge >= 0.3 is 0 Å². The van der Waals surface area contributed by atoms with Gasteiger partial charge in [-0.3, -0.25) is 14.1 Å². The van der Waals surface area contributed by atoms with E-state index in [1.54, 1.807) is 6.20 Å². The molecule has 7 heteroatoms. The minimum atomic E-state index is -1.32. The SMILES string of the molecule is Cc1ccc(CN(C)CCOc2ccnc(CS(=O)c3nc4ccccc4[nH]3)c2C)cc1. The third-order valence-electron chi connectivity index (χ3n) is 5.41. The molecular weight excluding hydrogens is 420 g/mol. The fourth-order valence-electron chi connectivity index (χ4n) is 3.49. The van der Waals surface area contributed by atoms with Gasteiger partial charge in [-0.15, -0.1) is 0 Å². The Morgan fingerprint density at radius 2 is 1.84 bits per heavy atom. The average Bonchev–Trinajstić information content (AvgIpc) is 3.22. The van der Waals surface area contributed by atoms with Gasteiger partial charge in [-0.05, 0) is 44.7 Å². The van der Waals surface area contributed by atoms with Crippen LogP contribution in [-0.2, 0) is 23.1 Å². The Bertz CT molecular complexity index is 1190. The number of benzene rings is 2. The van der Waals surface area contributed by atoms with Gasteiger partial charge in [0.25, 0.3) is 0 Å². The first-order chi connectivity index (χ1) is 15.5. The molecule has 1 unspecified atom stereocenters. The van der Waals surface area contributed by atoms with Gasteiger partial charge in [0.2, 0.25) is 0 Å². The molecule has 0 bridgehead atoms. The standard InChI is InChI=1S/C25H28N4O2S/c1-18-8-10-20(11-9-18)16-29(3)14-15-31-24-12-13-26-23(19(24)2)17-32(30)25-27-21-6-4-5-7-22(21)28-25/h4-13H,14-17H2,1-3H3,(H,27,28). The molecule has 0 spiro atoms. The molecule has 0 radical (unpaired) electrons. The number of hydrogen-bond acceptors (Lipinski definition) is 5. The summed E-state index contributed by atoms with van der Waals surface area (Å²) in [6.45, 7) is 6.30. The third kappa shape index (κ3) is 5.41. The molecule has 0 fully saturated rings. The van der Waals surface area contributed by atoms with Crippen LogP contribution in [0.5, 0.6) is 5.75 Å². The normalized spacial score (nSPS) is 12.4. The number of aromatic amines is 1. The molecule has 1 atom stereocenters.